The fraction of sp³-hybridized carbons (Fsp3) is 0.118. The molecule has 0 saturated carbocycles. The van der Waals surface area contributed by atoms with E-state index in [9.17, 15) is 18.0 Å². The maximum Gasteiger partial charge on any atom is 0.416 e. The number of aldehydes is 1. The largest absolute Gasteiger partial charge is 0.416 e. The first-order chi connectivity index (χ1) is 10.8. The highest BCUT2D eigenvalue weighted by Crippen LogP contribution is 2.36. The van der Waals surface area contributed by atoms with Crippen molar-refractivity contribution in [1.82, 2.24) is 4.98 Å². The van der Waals surface area contributed by atoms with Gasteiger partial charge in [0.25, 0.3) is 0 Å². The number of halogens is 4. The van der Waals surface area contributed by atoms with E-state index in [0.29, 0.717) is 39.0 Å². The second-order valence-corrected chi connectivity index (χ2v) is 5.69. The number of nitrogens with one attached hydrogen (secondary N) is 1. The lowest BCUT2D eigenvalue weighted by atomic mass is 10.0. The third-order valence-electron chi connectivity index (χ3n) is 3.71. The number of carbonyl (C=O) groups excluding carboxylic acids is 1. The summed E-state index contributed by atoms with van der Waals surface area (Å²) in [5.74, 6) is 0. The van der Waals surface area contributed by atoms with Gasteiger partial charge in [0, 0.05) is 21.5 Å². The van der Waals surface area contributed by atoms with Gasteiger partial charge in [-0.15, -0.1) is 0 Å². The van der Waals surface area contributed by atoms with Crippen molar-refractivity contribution in [3.8, 4) is 11.3 Å². The summed E-state index contributed by atoms with van der Waals surface area (Å²) in [6.07, 6.45) is -3.81. The topological polar surface area (TPSA) is 32.9 Å². The third kappa shape index (κ3) is 2.72. The van der Waals surface area contributed by atoms with Gasteiger partial charge in [0.15, 0.2) is 6.29 Å². The van der Waals surface area contributed by atoms with Gasteiger partial charge in [0.05, 0.1) is 11.3 Å². The van der Waals surface area contributed by atoms with Crippen LogP contribution in [0.1, 0.15) is 21.5 Å². The molecule has 1 heterocycles. The van der Waals surface area contributed by atoms with E-state index < -0.39 is 11.7 Å². The van der Waals surface area contributed by atoms with Crippen LogP contribution in [0.25, 0.3) is 22.2 Å². The fourth-order valence-corrected chi connectivity index (χ4v) is 2.92. The molecule has 3 aromatic rings. The Bertz CT molecular complexity index is 912. The molecule has 2 nitrogen and oxygen atoms in total. The summed E-state index contributed by atoms with van der Waals surface area (Å²) in [7, 11) is 0. The van der Waals surface area contributed by atoms with Crippen molar-refractivity contribution in [3.63, 3.8) is 0 Å². The predicted octanol–water partition coefficient (Wildman–Crippen LogP) is 5.63. The van der Waals surface area contributed by atoms with Crippen molar-refractivity contribution < 1.29 is 18.0 Å². The molecule has 0 aliphatic carbocycles. The first-order valence-corrected chi connectivity index (χ1v) is 7.13. The Hall–Kier alpha value is -2.27. The van der Waals surface area contributed by atoms with Gasteiger partial charge in [-0.25, -0.2) is 0 Å². The molecule has 0 amide bonds. The van der Waals surface area contributed by atoms with Crippen LogP contribution in [0.5, 0.6) is 0 Å². The third-order valence-corrected chi connectivity index (χ3v) is 3.92. The van der Waals surface area contributed by atoms with E-state index in [2.05, 4.69) is 4.98 Å². The Kier molecular flexibility index (Phi) is 3.68. The quantitative estimate of drug-likeness (QED) is 0.604. The summed E-state index contributed by atoms with van der Waals surface area (Å²) in [5, 5.41) is 1.06. The second-order valence-electron chi connectivity index (χ2n) is 5.26. The van der Waals surface area contributed by atoms with Gasteiger partial charge in [-0.1, -0.05) is 23.7 Å². The van der Waals surface area contributed by atoms with Crippen molar-refractivity contribution in [2.45, 2.75) is 13.1 Å². The molecule has 0 bridgehead atoms. The Morgan fingerprint density at radius 2 is 1.91 bits per heavy atom. The molecule has 3 rings (SSSR count). The van der Waals surface area contributed by atoms with Crippen LogP contribution in [0.15, 0.2) is 36.4 Å². The Labute approximate surface area is 134 Å². The van der Waals surface area contributed by atoms with Crippen molar-refractivity contribution in [2.24, 2.45) is 0 Å². The summed E-state index contributed by atoms with van der Waals surface area (Å²) in [4.78, 5) is 14.5. The van der Waals surface area contributed by atoms with Crippen molar-refractivity contribution in [3.05, 3.63) is 58.1 Å². The number of carbonyl (C=O) groups is 1. The van der Waals surface area contributed by atoms with Crippen molar-refractivity contribution >= 4 is 28.8 Å². The molecule has 0 radical (unpaired) electrons. The molecule has 0 saturated heterocycles. The zero-order chi connectivity index (χ0) is 16.8. The molecule has 0 aliphatic rings. The monoisotopic (exact) mass is 337 g/mol. The van der Waals surface area contributed by atoms with Crippen LogP contribution < -0.4 is 0 Å². The summed E-state index contributed by atoms with van der Waals surface area (Å²) in [6, 6.07) is 8.22. The number of alkyl halides is 3. The average Bonchev–Trinajstić information content (AvgIpc) is 2.85. The smallest absolute Gasteiger partial charge is 0.354 e. The molecule has 6 heteroatoms. The summed E-state index contributed by atoms with van der Waals surface area (Å²) in [5.41, 5.74) is 1.68. The highest BCUT2D eigenvalue weighted by molar-refractivity contribution is 6.31. The maximum atomic E-state index is 12.9. The van der Waals surface area contributed by atoms with Gasteiger partial charge in [-0.2, -0.15) is 13.2 Å². The van der Waals surface area contributed by atoms with E-state index in [1.807, 2.05) is 6.92 Å². The molecule has 0 fully saturated rings. The molecule has 0 unspecified atom stereocenters. The van der Waals surface area contributed by atoms with Crippen LogP contribution in [0.4, 0.5) is 13.2 Å². The van der Waals surface area contributed by atoms with Crippen LogP contribution in [-0.4, -0.2) is 11.3 Å². The molecule has 1 N–H and O–H groups in total. The molecule has 0 atom stereocenters. The number of aromatic nitrogens is 1. The second kappa shape index (κ2) is 5.42. The van der Waals surface area contributed by atoms with E-state index in [1.165, 1.54) is 12.1 Å². The van der Waals surface area contributed by atoms with E-state index in [1.54, 1.807) is 12.1 Å². The summed E-state index contributed by atoms with van der Waals surface area (Å²) < 4.78 is 38.7. The first-order valence-electron chi connectivity index (χ1n) is 6.76. The zero-order valence-corrected chi connectivity index (χ0v) is 12.7. The van der Waals surface area contributed by atoms with Crippen LogP contribution in [0.2, 0.25) is 5.02 Å². The molecule has 0 aliphatic heterocycles. The Morgan fingerprint density at radius 3 is 2.57 bits per heavy atom. The van der Waals surface area contributed by atoms with Gasteiger partial charge in [0.1, 0.15) is 0 Å². The minimum atomic E-state index is -4.44. The molecule has 1 aromatic heterocycles. The van der Waals surface area contributed by atoms with Crippen LogP contribution in [0.3, 0.4) is 0 Å². The number of fused-ring (bicyclic) bond motifs is 1. The standard InChI is InChI=1S/C17H11ClF3NO/c1-9-5-12(18)7-13-14(8-23)16(22-15(9)13)10-3-2-4-11(6-10)17(19,20)21/h2-8,22H,1H3. The van der Waals surface area contributed by atoms with Gasteiger partial charge in [-0.3, -0.25) is 4.79 Å². The van der Waals surface area contributed by atoms with Gasteiger partial charge < -0.3 is 4.98 Å². The normalized spacial score (nSPS) is 11.9. The van der Waals surface area contributed by atoms with Crippen molar-refractivity contribution in [1.29, 1.82) is 0 Å². The van der Waals surface area contributed by atoms with Crippen molar-refractivity contribution in [2.75, 3.05) is 0 Å². The first kappa shape index (κ1) is 15.6. The molecular formula is C17H11ClF3NO. The predicted molar refractivity (Wildman–Crippen MR) is 83.9 cm³/mol. The zero-order valence-electron chi connectivity index (χ0n) is 12.0. The minimum Gasteiger partial charge on any atom is -0.354 e. The van der Waals surface area contributed by atoms with Crippen LogP contribution in [0, 0.1) is 6.92 Å². The lowest BCUT2D eigenvalue weighted by Crippen LogP contribution is -2.04. The average molecular weight is 338 g/mol. The number of H-pyrrole nitrogens is 1. The Balaban J connectivity index is 2.29. The van der Waals surface area contributed by atoms with E-state index in [4.69, 9.17) is 11.6 Å². The lowest BCUT2D eigenvalue weighted by Gasteiger charge is -2.08. The summed E-state index contributed by atoms with van der Waals surface area (Å²) >= 11 is 6.01. The summed E-state index contributed by atoms with van der Waals surface area (Å²) in [6.45, 7) is 1.81. The SMILES string of the molecule is Cc1cc(Cl)cc2c(C=O)c(-c3cccc(C(F)(F)F)c3)[nH]c12. The maximum absolute atomic E-state index is 12.9. The molecule has 2 aromatic carbocycles. The molecule has 0 spiro atoms. The van der Waals surface area contributed by atoms with Crippen LogP contribution in [-0.2, 0) is 6.18 Å². The number of rotatable bonds is 2. The number of hydrogen-bond acceptors (Lipinski definition) is 1. The van der Waals surface area contributed by atoms with Gasteiger partial charge >= 0.3 is 6.18 Å². The van der Waals surface area contributed by atoms with E-state index in [0.717, 1.165) is 17.7 Å². The highest BCUT2D eigenvalue weighted by Gasteiger charge is 2.30. The number of hydrogen-bond donors (Lipinski definition) is 1. The molecule has 118 valence electrons. The number of aromatic amines is 1. The van der Waals surface area contributed by atoms with E-state index in [-0.39, 0.29) is 0 Å². The number of benzene rings is 2. The Morgan fingerprint density at radius 1 is 1.17 bits per heavy atom. The molecule has 23 heavy (non-hydrogen) atoms. The minimum absolute atomic E-state index is 0.296. The number of aryl methyl sites for hydroxylation is 1. The van der Waals surface area contributed by atoms with Gasteiger partial charge in [0.2, 0.25) is 0 Å². The van der Waals surface area contributed by atoms with E-state index >= 15 is 0 Å². The van der Waals surface area contributed by atoms with Gasteiger partial charge in [-0.05, 0) is 42.3 Å². The molecular weight excluding hydrogens is 327 g/mol. The fourth-order valence-electron chi connectivity index (χ4n) is 2.65. The van der Waals surface area contributed by atoms with Crippen LogP contribution >= 0.6 is 11.6 Å². The lowest BCUT2D eigenvalue weighted by molar-refractivity contribution is -0.137. The highest BCUT2D eigenvalue weighted by atomic mass is 35.5.